The molecule has 2 N–H and O–H groups in total. The number of alkyl halides is 3. The van der Waals surface area contributed by atoms with Gasteiger partial charge in [0.2, 0.25) is 0 Å². The van der Waals surface area contributed by atoms with Gasteiger partial charge in [-0.3, -0.25) is 14.8 Å². The van der Waals surface area contributed by atoms with E-state index in [9.17, 15) is 23.2 Å². The number of amides is 1. The molecular weight excluding hydrogens is 483 g/mol. The summed E-state index contributed by atoms with van der Waals surface area (Å²) in [5, 5.41) is 19.3. The summed E-state index contributed by atoms with van der Waals surface area (Å²) in [6.45, 7) is 3.76. The average molecular weight is 501 g/mol. The molecule has 0 saturated heterocycles. The highest BCUT2D eigenvalue weighted by Gasteiger charge is 2.40. The predicted molar refractivity (Wildman–Crippen MR) is 130 cm³/mol. The summed E-state index contributed by atoms with van der Waals surface area (Å²) in [7, 11) is 0. The van der Waals surface area contributed by atoms with E-state index in [4.69, 9.17) is 0 Å². The summed E-state index contributed by atoms with van der Waals surface area (Å²) in [5.41, 5.74) is 1.23. The third-order valence-electron chi connectivity index (χ3n) is 5.92. The van der Waals surface area contributed by atoms with Crippen LogP contribution in [0.5, 0.6) is 0 Å². The molecule has 2 aromatic heterocycles. The van der Waals surface area contributed by atoms with Crippen LogP contribution in [0.25, 0.3) is 22.5 Å². The molecule has 1 amide bonds. The van der Waals surface area contributed by atoms with Crippen molar-refractivity contribution in [3.05, 3.63) is 89.8 Å². The van der Waals surface area contributed by atoms with E-state index < -0.39 is 17.6 Å². The lowest BCUT2D eigenvalue weighted by Crippen LogP contribution is -2.24. The second-order valence-corrected chi connectivity index (χ2v) is 8.20. The number of hydrogen-bond acceptors (Lipinski definition) is 6. The van der Waals surface area contributed by atoms with E-state index in [1.807, 2.05) is 0 Å². The Hall–Kier alpha value is -4.98. The van der Waals surface area contributed by atoms with E-state index in [0.717, 1.165) is 6.07 Å². The Morgan fingerprint density at radius 1 is 1.16 bits per heavy atom. The number of nitriles is 1. The number of halogens is 3. The van der Waals surface area contributed by atoms with Crippen molar-refractivity contribution in [2.24, 2.45) is 0 Å². The summed E-state index contributed by atoms with van der Waals surface area (Å²) in [6, 6.07) is 14.0. The third-order valence-corrected chi connectivity index (χ3v) is 5.92. The molecule has 3 heterocycles. The highest BCUT2D eigenvalue weighted by Crippen LogP contribution is 2.40. The molecule has 37 heavy (non-hydrogen) atoms. The number of aromatic amines is 1. The lowest BCUT2D eigenvalue weighted by molar-refractivity contribution is -0.138. The van der Waals surface area contributed by atoms with Gasteiger partial charge in [-0.2, -0.15) is 23.5 Å². The van der Waals surface area contributed by atoms with Crippen molar-refractivity contribution in [3.63, 3.8) is 0 Å². The zero-order valence-electron chi connectivity index (χ0n) is 19.2. The second-order valence-electron chi connectivity index (χ2n) is 8.20. The highest BCUT2D eigenvalue weighted by molar-refractivity contribution is 6.10. The minimum atomic E-state index is -4.60. The van der Waals surface area contributed by atoms with Gasteiger partial charge >= 0.3 is 6.18 Å². The molecule has 8 nitrogen and oxygen atoms in total. The first-order valence-electron chi connectivity index (χ1n) is 11.1. The predicted octanol–water partition coefficient (Wildman–Crippen LogP) is 5.18. The van der Waals surface area contributed by atoms with E-state index in [0.29, 0.717) is 40.4 Å². The Morgan fingerprint density at radius 3 is 2.70 bits per heavy atom. The number of H-pyrrole nitrogens is 1. The minimum Gasteiger partial charge on any atom is -0.367 e. The smallest absolute Gasteiger partial charge is 0.367 e. The first-order valence-corrected chi connectivity index (χ1v) is 11.1. The number of pyridine rings is 1. The summed E-state index contributed by atoms with van der Waals surface area (Å²) in [5.74, 6) is 0.405. The molecule has 184 valence electrons. The number of hydrogen-bond donors (Lipinski definition) is 2. The quantitative estimate of drug-likeness (QED) is 0.352. The number of carbonyl (C=O) groups excluding carboxylic acids is 1. The van der Waals surface area contributed by atoms with Crippen molar-refractivity contribution < 1.29 is 18.0 Å². The Balaban J connectivity index is 1.66. The fourth-order valence-electron chi connectivity index (χ4n) is 4.25. The molecule has 1 aliphatic heterocycles. The summed E-state index contributed by atoms with van der Waals surface area (Å²) >= 11 is 0. The van der Waals surface area contributed by atoms with Gasteiger partial charge in [-0.05, 0) is 59.2 Å². The zero-order valence-corrected chi connectivity index (χ0v) is 19.2. The molecule has 0 aliphatic carbocycles. The normalized spacial score (nSPS) is 12.8. The van der Waals surface area contributed by atoms with Crippen molar-refractivity contribution in [2.45, 2.75) is 12.7 Å². The molecule has 0 unspecified atom stereocenters. The van der Waals surface area contributed by atoms with Crippen molar-refractivity contribution in [1.82, 2.24) is 20.2 Å². The minimum absolute atomic E-state index is 0.0172. The van der Waals surface area contributed by atoms with Gasteiger partial charge in [0.25, 0.3) is 5.91 Å². The van der Waals surface area contributed by atoms with Gasteiger partial charge in [0.1, 0.15) is 18.0 Å². The summed E-state index contributed by atoms with van der Waals surface area (Å²) in [4.78, 5) is 23.1. The molecule has 0 bridgehead atoms. The maximum Gasteiger partial charge on any atom is 0.416 e. The molecule has 4 aromatic rings. The van der Waals surface area contributed by atoms with Crippen LogP contribution in [-0.4, -0.2) is 32.6 Å². The molecule has 2 aromatic carbocycles. The van der Waals surface area contributed by atoms with E-state index in [-0.39, 0.29) is 23.5 Å². The summed E-state index contributed by atoms with van der Waals surface area (Å²) in [6.07, 6.45) is -1.63. The largest absolute Gasteiger partial charge is 0.416 e. The Labute approximate surface area is 209 Å². The lowest BCUT2D eigenvalue weighted by Gasteiger charge is -2.19. The van der Waals surface area contributed by atoms with E-state index in [1.54, 1.807) is 36.4 Å². The number of benzene rings is 2. The van der Waals surface area contributed by atoms with Gasteiger partial charge in [-0.1, -0.05) is 12.1 Å². The number of rotatable bonds is 6. The monoisotopic (exact) mass is 501 g/mol. The number of carbonyl (C=O) groups is 1. The van der Waals surface area contributed by atoms with Crippen LogP contribution >= 0.6 is 0 Å². The van der Waals surface area contributed by atoms with Crippen molar-refractivity contribution in [2.75, 3.05) is 16.8 Å². The Bertz CT molecular complexity index is 1560. The molecule has 0 spiro atoms. The topological polar surface area (TPSA) is 111 Å². The van der Waals surface area contributed by atoms with Crippen LogP contribution in [0.2, 0.25) is 0 Å². The van der Waals surface area contributed by atoms with Gasteiger partial charge in [-0.15, -0.1) is 6.58 Å². The second kappa shape index (κ2) is 9.23. The van der Waals surface area contributed by atoms with Gasteiger partial charge in [0, 0.05) is 17.7 Å². The van der Waals surface area contributed by atoms with Crippen molar-refractivity contribution in [3.8, 4) is 28.6 Å². The molecule has 11 heteroatoms. The van der Waals surface area contributed by atoms with Crippen LogP contribution in [0.3, 0.4) is 0 Å². The van der Waals surface area contributed by atoms with Crippen LogP contribution < -0.4 is 10.2 Å². The van der Waals surface area contributed by atoms with Crippen LogP contribution in [-0.2, 0) is 12.7 Å². The first-order chi connectivity index (χ1) is 17.8. The molecule has 0 radical (unpaired) electrons. The van der Waals surface area contributed by atoms with Crippen LogP contribution in [0.1, 0.15) is 27.0 Å². The number of aromatic nitrogens is 4. The van der Waals surface area contributed by atoms with E-state index in [2.05, 4.69) is 38.1 Å². The van der Waals surface area contributed by atoms with Crippen LogP contribution in [0.4, 0.5) is 24.8 Å². The molecular formula is C26H18F3N7O. The molecule has 1 aliphatic rings. The van der Waals surface area contributed by atoms with Crippen LogP contribution in [0.15, 0.2) is 67.5 Å². The SMILES string of the molecule is C=CCNc1cc(-c2cc(C#N)ccc2-c2ncn[nH]2)cc(N2Cc3c(cccc3C(F)(F)F)C2=O)n1. The molecule has 5 rings (SSSR count). The van der Waals surface area contributed by atoms with E-state index in [1.165, 1.54) is 23.4 Å². The number of fused-ring (bicyclic) bond motifs is 1. The van der Waals surface area contributed by atoms with Crippen molar-refractivity contribution in [1.29, 1.82) is 5.26 Å². The zero-order chi connectivity index (χ0) is 26.2. The van der Waals surface area contributed by atoms with Gasteiger partial charge < -0.3 is 5.32 Å². The first kappa shape index (κ1) is 23.7. The van der Waals surface area contributed by atoms with Gasteiger partial charge in [0.15, 0.2) is 5.82 Å². The standard InChI is InChI=1S/C26H18F3N7O/c1-2-8-31-22-10-16(19-9-15(12-30)6-7-17(19)24-32-14-33-35-24)11-23(34-22)36-13-20-18(25(36)37)4-3-5-21(20)26(27,28)29/h2-7,9-11,14H,1,8,13H2,(H,31,34)(H,32,33,35). The maximum atomic E-state index is 13.6. The summed E-state index contributed by atoms with van der Waals surface area (Å²) < 4.78 is 40.9. The number of anilines is 2. The molecule has 0 atom stereocenters. The lowest BCUT2D eigenvalue weighted by atomic mass is 9.97. The fourth-order valence-corrected chi connectivity index (χ4v) is 4.25. The van der Waals surface area contributed by atoms with Gasteiger partial charge in [-0.25, -0.2) is 9.97 Å². The molecule has 0 fully saturated rings. The highest BCUT2D eigenvalue weighted by atomic mass is 19.4. The average Bonchev–Trinajstić information content (AvgIpc) is 3.55. The number of nitrogens with one attached hydrogen (secondary N) is 2. The van der Waals surface area contributed by atoms with Crippen LogP contribution in [0, 0.1) is 11.3 Å². The Morgan fingerprint density at radius 2 is 2.00 bits per heavy atom. The Kier molecular flexibility index (Phi) is 5.93. The van der Waals surface area contributed by atoms with Gasteiger partial charge in [0.05, 0.1) is 23.7 Å². The fraction of sp³-hybridized carbons (Fsp3) is 0.115. The number of nitrogens with zero attached hydrogens (tertiary/aromatic N) is 5. The molecule has 0 saturated carbocycles. The van der Waals surface area contributed by atoms with Crippen molar-refractivity contribution >= 4 is 17.5 Å². The third kappa shape index (κ3) is 4.40. The maximum absolute atomic E-state index is 13.6. The van der Waals surface area contributed by atoms with E-state index >= 15 is 0 Å².